The van der Waals surface area contributed by atoms with Crippen LogP contribution in [0.5, 0.6) is 5.75 Å². The molecule has 12 nitrogen and oxygen atoms in total. The second-order valence-electron chi connectivity index (χ2n) is 10.8. The Hall–Kier alpha value is -3.23. The Morgan fingerprint density at radius 3 is 2.60 bits per heavy atom. The van der Waals surface area contributed by atoms with Crippen LogP contribution >= 0.6 is 0 Å². The molecule has 2 aromatic carbocycles. The highest BCUT2D eigenvalue weighted by Crippen LogP contribution is 2.33. The van der Waals surface area contributed by atoms with Gasteiger partial charge < -0.3 is 34.7 Å². The lowest BCUT2D eigenvalue weighted by atomic mass is 10.0. The number of fused-ring (bicyclic) bond motifs is 1. The Labute approximate surface area is 245 Å². The third kappa shape index (κ3) is 7.21. The van der Waals surface area contributed by atoms with E-state index in [2.05, 4.69) is 10.6 Å². The third-order valence-electron chi connectivity index (χ3n) is 7.91. The van der Waals surface area contributed by atoms with Crippen molar-refractivity contribution < 1.29 is 42.1 Å². The predicted octanol–water partition coefficient (Wildman–Crippen LogP) is 1.42. The van der Waals surface area contributed by atoms with Crippen LogP contribution in [0.2, 0.25) is 0 Å². The quantitative estimate of drug-likeness (QED) is 0.327. The number of carbonyl (C=O) groups excluding carboxylic acids is 2. The number of nitrogens with zero attached hydrogens (tertiary/aromatic N) is 1. The van der Waals surface area contributed by atoms with Crippen LogP contribution in [-0.2, 0) is 35.4 Å². The minimum absolute atomic E-state index is 0.0152. The molecule has 13 heteroatoms. The van der Waals surface area contributed by atoms with E-state index in [1.807, 2.05) is 30.3 Å². The van der Waals surface area contributed by atoms with Gasteiger partial charge in [-0.2, -0.15) is 4.31 Å². The molecule has 0 saturated carbocycles. The number of hydrogen-bond donors (Lipinski definition) is 3. The molecule has 3 fully saturated rings. The van der Waals surface area contributed by atoms with Gasteiger partial charge in [-0.25, -0.2) is 13.2 Å². The zero-order valence-corrected chi connectivity index (χ0v) is 24.2. The van der Waals surface area contributed by atoms with Gasteiger partial charge in [0, 0.05) is 25.6 Å². The number of rotatable bonds is 12. The van der Waals surface area contributed by atoms with E-state index in [1.165, 1.54) is 19.2 Å². The normalized spacial score (nSPS) is 25.1. The minimum Gasteiger partial charge on any atom is -0.497 e. The maximum atomic E-state index is 13.8. The number of benzene rings is 2. The van der Waals surface area contributed by atoms with Gasteiger partial charge in [0.25, 0.3) is 0 Å². The van der Waals surface area contributed by atoms with E-state index in [0.717, 1.165) is 9.87 Å². The summed E-state index contributed by atoms with van der Waals surface area (Å²) in [6, 6.07) is 13.9. The molecule has 3 heterocycles. The van der Waals surface area contributed by atoms with E-state index >= 15 is 0 Å². The number of ether oxygens (including phenoxy) is 4. The van der Waals surface area contributed by atoms with Crippen LogP contribution in [0, 0.1) is 5.92 Å². The fourth-order valence-corrected chi connectivity index (χ4v) is 7.09. The second kappa shape index (κ2) is 13.4. The maximum absolute atomic E-state index is 13.8. The van der Waals surface area contributed by atoms with Gasteiger partial charge in [0.1, 0.15) is 11.9 Å². The van der Waals surface area contributed by atoms with Gasteiger partial charge in [-0.1, -0.05) is 30.3 Å². The molecular weight excluding hydrogens is 566 g/mol. The monoisotopic (exact) mass is 603 g/mol. The average molecular weight is 604 g/mol. The molecule has 0 aromatic heterocycles. The van der Waals surface area contributed by atoms with Crippen LogP contribution in [0.3, 0.4) is 0 Å². The minimum atomic E-state index is -4.10. The van der Waals surface area contributed by atoms with Crippen LogP contribution in [0.25, 0.3) is 0 Å². The summed E-state index contributed by atoms with van der Waals surface area (Å²) in [6.45, 7) is 0.382. The van der Waals surface area contributed by atoms with Crippen molar-refractivity contribution in [2.45, 2.75) is 61.2 Å². The molecule has 0 radical (unpaired) electrons. The fraction of sp³-hybridized carbons (Fsp3) is 0.517. The molecule has 228 valence electrons. The van der Waals surface area contributed by atoms with E-state index in [1.54, 1.807) is 12.1 Å². The molecule has 3 N–H and O–H groups in total. The van der Waals surface area contributed by atoms with Gasteiger partial charge in [0.2, 0.25) is 15.9 Å². The Kier molecular flexibility index (Phi) is 9.63. The zero-order chi connectivity index (χ0) is 29.7. The van der Waals surface area contributed by atoms with Crippen LogP contribution in [0.15, 0.2) is 59.5 Å². The SMILES string of the molecule is COc1ccc(S(=O)(=O)N(C[C@@H]2CCC(=O)N2)C[C@@H](O)[C@H](Cc2ccccc2)NC(=O)OC2CO[C@H]3OCC[C@@H]23)cc1. The van der Waals surface area contributed by atoms with E-state index in [9.17, 15) is 23.1 Å². The lowest BCUT2D eigenvalue weighted by Crippen LogP contribution is -2.53. The van der Waals surface area contributed by atoms with Crippen LogP contribution in [-0.4, -0.2) is 93.8 Å². The molecule has 3 saturated heterocycles. The van der Waals surface area contributed by atoms with E-state index in [0.29, 0.717) is 31.6 Å². The molecule has 42 heavy (non-hydrogen) atoms. The van der Waals surface area contributed by atoms with Crippen molar-refractivity contribution in [3.8, 4) is 5.75 Å². The van der Waals surface area contributed by atoms with E-state index in [4.69, 9.17) is 18.9 Å². The van der Waals surface area contributed by atoms with Gasteiger partial charge in [0.05, 0.1) is 43.3 Å². The molecule has 2 amide bonds. The number of hydrogen-bond acceptors (Lipinski definition) is 9. The average Bonchev–Trinajstić information content (AvgIpc) is 3.72. The first kappa shape index (κ1) is 30.2. The van der Waals surface area contributed by atoms with E-state index in [-0.39, 0.29) is 49.1 Å². The summed E-state index contributed by atoms with van der Waals surface area (Å²) in [4.78, 5) is 24.9. The van der Waals surface area contributed by atoms with Gasteiger partial charge in [0.15, 0.2) is 6.29 Å². The molecule has 0 bridgehead atoms. The zero-order valence-electron chi connectivity index (χ0n) is 23.4. The van der Waals surface area contributed by atoms with Gasteiger partial charge >= 0.3 is 6.09 Å². The molecule has 5 rings (SSSR count). The predicted molar refractivity (Wildman–Crippen MR) is 150 cm³/mol. The van der Waals surface area contributed by atoms with Crippen molar-refractivity contribution >= 4 is 22.0 Å². The Bertz CT molecular complexity index is 1330. The summed E-state index contributed by atoms with van der Waals surface area (Å²) < 4.78 is 50.7. The number of alkyl carbamates (subject to hydrolysis) is 1. The molecular formula is C29H37N3O9S. The van der Waals surface area contributed by atoms with Crippen molar-refractivity contribution in [2.75, 3.05) is 33.4 Å². The summed E-state index contributed by atoms with van der Waals surface area (Å²) in [5.74, 6) is 0.289. The number of aliphatic hydroxyl groups excluding tert-OH is 1. The summed E-state index contributed by atoms with van der Waals surface area (Å²) in [5, 5.41) is 17.1. The lowest BCUT2D eigenvalue weighted by Gasteiger charge is -2.31. The first-order valence-corrected chi connectivity index (χ1v) is 15.5. The second-order valence-corrected chi connectivity index (χ2v) is 12.7. The fourth-order valence-electron chi connectivity index (χ4n) is 5.59. The first-order valence-electron chi connectivity index (χ1n) is 14.1. The Balaban J connectivity index is 1.34. The molecule has 0 aliphatic carbocycles. The van der Waals surface area contributed by atoms with Gasteiger partial charge in [-0.15, -0.1) is 0 Å². The maximum Gasteiger partial charge on any atom is 0.407 e. The molecule has 3 aliphatic heterocycles. The highest BCUT2D eigenvalue weighted by molar-refractivity contribution is 7.89. The number of carbonyl (C=O) groups is 2. The summed E-state index contributed by atoms with van der Waals surface area (Å²) in [7, 11) is -2.61. The number of amides is 2. The van der Waals surface area contributed by atoms with Crippen molar-refractivity contribution in [1.82, 2.24) is 14.9 Å². The smallest absolute Gasteiger partial charge is 0.407 e. The molecule has 3 aliphatic rings. The van der Waals surface area contributed by atoms with Crippen LogP contribution < -0.4 is 15.4 Å². The molecule has 6 atom stereocenters. The number of nitrogens with one attached hydrogen (secondary N) is 2. The molecule has 2 aromatic rings. The molecule has 1 unspecified atom stereocenters. The van der Waals surface area contributed by atoms with Crippen molar-refractivity contribution in [3.63, 3.8) is 0 Å². The standard InChI is InChI=1S/C29H37N3O9S/c1-38-21-8-10-22(11-9-21)42(36,37)32(16-20-7-12-27(34)30-20)17-25(33)24(15-19-5-3-2-4-6-19)31-29(35)41-26-18-40-28-23(26)13-14-39-28/h2-6,8-11,20,23-26,28,33H,7,12-18H2,1H3,(H,30,34)(H,31,35)/t20-,23-,24-,25+,26?,28+/m0/s1. The largest absolute Gasteiger partial charge is 0.497 e. The first-order chi connectivity index (χ1) is 20.2. The lowest BCUT2D eigenvalue weighted by molar-refractivity contribution is -0.119. The Morgan fingerprint density at radius 2 is 1.90 bits per heavy atom. The Morgan fingerprint density at radius 1 is 1.14 bits per heavy atom. The van der Waals surface area contributed by atoms with E-state index < -0.39 is 40.4 Å². The van der Waals surface area contributed by atoms with Crippen LogP contribution in [0.1, 0.15) is 24.8 Å². The summed E-state index contributed by atoms with van der Waals surface area (Å²) >= 11 is 0. The summed E-state index contributed by atoms with van der Waals surface area (Å²) in [6.07, 6.45) is -1.21. The van der Waals surface area contributed by atoms with Crippen molar-refractivity contribution in [2.24, 2.45) is 5.92 Å². The topological polar surface area (TPSA) is 153 Å². The van der Waals surface area contributed by atoms with Gasteiger partial charge in [-0.3, -0.25) is 4.79 Å². The molecule has 0 spiro atoms. The third-order valence-corrected chi connectivity index (χ3v) is 9.75. The highest BCUT2D eigenvalue weighted by Gasteiger charge is 2.44. The van der Waals surface area contributed by atoms with Crippen molar-refractivity contribution in [1.29, 1.82) is 0 Å². The van der Waals surface area contributed by atoms with Crippen molar-refractivity contribution in [3.05, 3.63) is 60.2 Å². The van der Waals surface area contributed by atoms with Crippen LogP contribution in [0.4, 0.5) is 4.79 Å². The number of aliphatic hydroxyl groups is 1. The number of sulfonamides is 1. The van der Waals surface area contributed by atoms with Gasteiger partial charge in [-0.05, 0) is 49.1 Å². The highest BCUT2D eigenvalue weighted by atomic mass is 32.2. The number of methoxy groups -OCH3 is 1. The summed E-state index contributed by atoms with van der Waals surface area (Å²) in [5.41, 5.74) is 0.836.